The molecule has 1 unspecified atom stereocenters. The molecule has 10 nitrogen and oxygen atoms in total. The van der Waals surface area contributed by atoms with Crippen molar-refractivity contribution in [1.82, 2.24) is 9.78 Å². The number of nitrogens with zero attached hydrogens (tertiary/aromatic N) is 3. The molecule has 0 saturated heterocycles. The molecule has 0 radical (unpaired) electrons. The molecule has 4 N–H and O–H groups in total. The fourth-order valence-electron chi connectivity index (χ4n) is 3.03. The van der Waals surface area contributed by atoms with E-state index in [0.717, 1.165) is 12.8 Å². The Morgan fingerprint density at radius 3 is 2.64 bits per heavy atom. The Labute approximate surface area is 195 Å². The first kappa shape index (κ1) is 26.0. The van der Waals surface area contributed by atoms with Crippen molar-refractivity contribution in [2.45, 2.75) is 64.8 Å². The van der Waals surface area contributed by atoms with Crippen LogP contribution in [0.1, 0.15) is 64.6 Å². The van der Waals surface area contributed by atoms with E-state index in [0.29, 0.717) is 28.6 Å². The number of aromatic nitrogens is 2. The average molecular weight is 478 g/mol. The summed E-state index contributed by atoms with van der Waals surface area (Å²) in [5.74, 6) is -0.735. The maximum absolute atomic E-state index is 13.0. The molecular formula is C22H31N5O5S. The lowest BCUT2D eigenvalue weighted by Gasteiger charge is -2.20. The number of aryl methyl sites for hydroxylation is 1. The standard InChI is InChI=1S/C20H25N5O5S.C2H6/c1-4-5-8-25-20(28)16(18(27)17(23-25)11(2)3)19-22-13-7-6-12(30-10-15(21)26)9-14(13)31(29)24-19;1-2/h6-7,9,11,27H,4-5,8,10H2,1-3H3,(H2,21,26)(H,22,24);1-2H3. The summed E-state index contributed by atoms with van der Waals surface area (Å²) in [6, 6.07) is 4.64. The first-order chi connectivity index (χ1) is 15.7. The van der Waals surface area contributed by atoms with Crippen LogP contribution in [0.2, 0.25) is 0 Å². The Kier molecular flexibility index (Phi) is 9.15. The second-order valence-corrected chi connectivity index (χ2v) is 8.49. The minimum Gasteiger partial charge on any atom is -0.505 e. The van der Waals surface area contributed by atoms with Crippen LogP contribution in [0.25, 0.3) is 0 Å². The van der Waals surface area contributed by atoms with Crippen LogP contribution >= 0.6 is 0 Å². The highest BCUT2D eigenvalue weighted by Gasteiger charge is 2.27. The monoisotopic (exact) mass is 477 g/mol. The fourth-order valence-corrected chi connectivity index (χ4v) is 3.95. The summed E-state index contributed by atoms with van der Waals surface area (Å²) in [5.41, 5.74) is 5.30. The van der Waals surface area contributed by atoms with Crippen LogP contribution in [0, 0.1) is 0 Å². The Balaban J connectivity index is 0.00000187. The van der Waals surface area contributed by atoms with E-state index in [-0.39, 0.29) is 29.7 Å². The fraction of sp³-hybridized carbons (Fsp3) is 0.455. The molecule has 0 saturated carbocycles. The number of primary amides is 1. The number of nitrogens with two attached hydrogens (primary N) is 1. The normalized spacial score (nSPS) is 14.5. The number of fused-ring (bicyclic) bond motifs is 1. The predicted molar refractivity (Wildman–Crippen MR) is 128 cm³/mol. The summed E-state index contributed by atoms with van der Waals surface area (Å²) in [7, 11) is -1.87. The van der Waals surface area contributed by atoms with Crippen molar-refractivity contribution in [3.8, 4) is 11.5 Å². The molecule has 2 aromatic rings. The van der Waals surface area contributed by atoms with E-state index >= 15 is 0 Å². The van der Waals surface area contributed by atoms with Crippen LogP contribution in [0.4, 0.5) is 5.69 Å². The molecule has 11 heteroatoms. The third kappa shape index (κ3) is 5.98. The lowest BCUT2D eigenvalue weighted by atomic mass is 10.1. The first-order valence-corrected chi connectivity index (χ1v) is 12.0. The molecule has 180 valence electrons. The summed E-state index contributed by atoms with van der Waals surface area (Å²) in [4.78, 5) is 24.3. The van der Waals surface area contributed by atoms with E-state index in [1.54, 1.807) is 12.1 Å². The van der Waals surface area contributed by atoms with Gasteiger partial charge in [0.1, 0.15) is 17.0 Å². The minimum absolute atomic E-state index is 0.00804. The third-order valence-electron chi connectivity index (χ3n) is 4.61. The van der Waals surface area contributed by atoms with E-state index in [4.69, 9.17) is 10.5 Å². The molecule has 1 aromatic heterocycles. The van der Waals surface area contributed by atoms with Gasteiger partial charge in [0.2, 0.25) is 0 Å². The molecule has 0 spiro atoms. The molecule has 0 aliphatic carbocycles. The number of unbranched alkanes of at least 4 members (excludes halogenated alkanes) is 1. The van der Waals surface area contributed by atoms with Crippen LogP contribution in [-0.2, 0) is 22.3 Å². The SMILES string of the molecule is CC.CCCCn1nc(C(C)C)c(O)c(C2=NS(=O)c3cc(OCC(N)=O)ccc3N2)c1=O. The lowest BCUT2D eigenvalue weighted by Crippen LogP contribution is -2.34. The van der Waals surface area contributed by atoms with Crippen LogP contribution in [-0.4, -0.2) is 37.4 Å². The maximum atomic E-state index is 13.0. The second kappa shape index (κ2) is 11.6. The van der Waals surface area contributed by atoms with Crippen LogP contribution in [0.3, 0.4) is 0 Å². The van der Waals surface area contributed by atoms with Crippen LogP contribution in [0.15, 0.2) is 32.3 Å². The van der Waals surface area contributed by atoms with Gasteiger partial charge in [0, 0.05) is 18.5 Å². The average Bonchev–Trinajstić information content (AvgIpc) is 2.78. The summed E-state index contributed by atoms with van der Waals surface area (Å²) in [6.45, 7) is 9.81. The molecule has 2 heterocycles. The molecule has 3 rings (SSSR count). The number of benzene rings is 1. The predicted octanol–water partition coefficient (Wildman–Crippen LogP) is 2.66. The van der Waals surface area contributed by atoms with Crippen LogP contribution in [0.5, 0.6) is 11.5 Å². The second-order valence-electron chi connectivity index (χ2n) is 7.37. The Morgan fingerprint density at radius 1 is 1.33 bits per heavy atom. The number of rotatable bonds is 8. The zero-order valence-corrected chi connectivity index (χ0v) is 20.4. The van der Waals surface area contributed by atoms with Gasteiger partial charge in [-0.3, -0.25) is 9.59 Å². The Bertz CT molecular complexity index is 1130. The molecule has 0 fully saturated rings. The van der Waals surface area contributed by atoms with Crippen molar-refractivity contribution in [3.05, 3.63) is 39.8 Å². The zero-order chi connectivity index (χ0) is 24.7. The molecule has 33 heavy (non-hydrogen) atoms. The molecule has 1 aliphatic rings. The number of anilines is 1. The first-order valence-electron chi connectivity index (χ1n) is 10.9. The van der Waals surface area contributed by atoms with Crippen LogP contribution < -0.4 is 21.3 Å². The molecule has 1 atom stereocenters. The largest absolute Gasteiger partial charge is 0.505 e. The highest BCUT2D eigenvalue weighted by molar-refractivity contribution is 7.84. The van der Waals surface area contributed by atoms with Crippen molar-refractivity contribution < 1.29 is 18.8 Å². The van der Waals surface area contributed by atoms with Gasteiger partial charge in [-0.2, -0.15) is 9.50 Å². The summed E-state index contributed by atoms with van der Waals surface area (Å²) < 4.78 is 23.4. The van der Waals surface area contributed by atoms with E-state index < -0.39 is 22.5 Å². The lowest BCUT2D eigenvalue weighted by molar-refractivity contribution is -0.119. The number of hydrogen-bond acceptors (Lipinski definition) is 7. The van der Waals surface area contributed by atoms with E-state index in [9.17, 15) is 18.9 Å². The van der Waals surface area contributed by atoms with Gasteiger partial charge in [0.25, 0.3) is 11.5 Å². The zero-order valence-electron chi connectivity index (χ0n) is 19.5. The maximum Gasteiger partial charge on any atom is 0.281 e. The van der Waals surface area contributed by atoms with Crippen molar-refractivity contribution in [3.63, 3.8) is 0 Å². The quantitative estimate of drug-likeness (QED) is 0.529. The topological polar surface area (TPSA) is 149 Å². The van der Waals surface area contributed by atoms with Crippen molar-refractivity contribution >= 4 is 28.4 Å². The van der Waals surface area contributed by atoms with Gasteiger partial charge >= 0.3 is 0 Å². The third-order valence-corrected chi connectivity index (χ3v) is 5.68. The summed E-state index contributed by atoms with van der Waals surface area (Å²) in [5, 5.41) is 18.1. The van der Waals surface area contributed by atoms with E-state index in [1.807, 2.05) is 34.6 Å². The van der Waals surface area contributed by atoms with Gasteiger partial charge in [-0.15, -0.1) is 0 Å². The minimum atomic E-state index is -1.87. The Hall–Kier alpha value is -3.21. The smallest absolute Gasteiger partial charge is 0.281 e. The van der Waals surface area contributed by atoms with E-state index in [1.165, 1.54) is 10.7 Å². The molecular weight excluding hydrogens is 446 g/mol. The molecule has 0 bridgehead atoms. The summed E-state index contributed by atoms with van der Waals surface area (Å²) >= 11 is 0. The summed E-state index contributed by atoms with van der Waals surface area (Å²) in [6.07, 6.45) is 1.62. The van der Waals surface area contributed by atoms with Gasteiger partial charge in [0.15, 0.2) is 29.2 Å². The number of carbonyl (C=O) groups excluding carboxylic acids is 1. The van der Waals surface area contributed by atoms with Gasteiger partial charge in [-0.25, -0.2) is 8.89 Å². The van der Waals surface area contributed by atoms with Gasteiger partial charge in [-0.1, -0.05) is 41.0 Å². The van der Waals surface area contributed by atoms with Gasteiger partial charge in [-0.05, 0) is 18.6 Å². The number of nitrogens with one attached hydrogen (secondary N) is 1. The number of amidine groups is 1. The highest BCUT2D eigenvalue weighted by Crippen LogP contribution is 2.32. The number of ether oxygens (including phenoxy) is 1. The Morgan fingerprint density at radius 2 is 2.03 bits per heavy atom. The van der Waals surface area contributed by atoms with Crippen molar-refractivity contribution in [2.24, 2.45) is 10.1 Å². The highest BCUT2D eigenvalue weighted by atomic mass is 32.2. The molecule has 1 aromatic carbocycles. The molecule has 1 aliphatic heterocycles. The molecule has 1 amide bonds. The van der Waals surface area contributed by atoms with Gasteiger partial charge < -0.3 is 20.9 Å². The number of hydrogen-bond donors (Lipinski definition) is 3. The number of aromatic hydroxyl groups is 1. The van der Waals surface area contributed by atoms with Crippen molar-refractivity contribution in [2.75, 3.05) is 11.9 Å². The van der Waals surface area contributed by atoms with E-state index in [2.05, 4.69) is 14.8 Å². The van der Waals surface area contributed by atoms with Crippen molar-refractivity contribution in [1.29, 1.82) is 0 Å². The number of carbonyl (C=O) groups is 1. The number of amides is 1. The van der Waals surface area contributed by atoms with Gasteiger partial charge in [0.05, 0.1) is 10.6 Å².